The largest absolute Gasteiger partial charge is 0.507 e. The van der Waals surface area contributed by atoms with Crippen molar-refractivity contribution in [3.05, 3.63) is 34.9 Å². The van der Waals surface area contributed by atoms with Crippen molar-refractivity contribution < 1.29 is 15.1 Å². The smallest absolute Gasteiger partial charge is 0.123 e. The standard InChI is InChI=1S/C19H29NO3/c1-18(2,3)14-9-12(10-15(17(14)22)19(4,5)6)16-11-13(7-8-21)23-20-16/h9-11,13,20-22H,7-8H2,1-6H3. The van der Waals surface area contributed by atoms with Gasteiger partial charge in [-0.15, -0.1) is 0 Å². The van der Waals surface area contributed by atoms with Gasteiger partial charge < -0.3 is 10.2 Å². The fourth-order valence-electron chi connectivity index (χ4n) is 2.75. The highest BCUT2D eigenvalue weighted by molar-refractivity contribution is 5.69. The van der Waals surface area contributed by atoms with Crippen LogP contribution in [0.15, 0.2) is 18.2 Å². The van der Waals surface area contributed by atoms with Gasteiger partial charge in [-0.2, -0.15) is 0 Å². The number of phenols is 1. The summed E-state index contributed by atoms with van der Waals surface area (Å²) in [4.78, 5) is 5.48. The zero-order valence-corrected chi connectivity index (χ0v) is 15.0. The molecule has 1 aromatic carbocycles. The number of hydrogen-bond donors (Lipinski definition) is 3. The molecule has 0 amide bonds. The maximum absolute atomic E-state index is 10.8. The van der Waals surface area contributed by atoms with E-state index in [9.17, 15) is 5.11 Å². The van der Waals surface area contributed by atoms with Gasteiger partial charge in [-0.05, 0) is 29.0 Å². The molecule has 128 valence electrons. The molecule has 0 spiro atoms. The monoisotopic (exact) mass is 319 g/mol. The van der Waals surface area contributed by atoms with E-state index in [2.05, 4.69) is 47.0 Å². The summed E-state index contributed by atoms with van der Waals surface area (Å²) in [6.45, 7) is 12.7. The van der Waals surface area contributed by atoms with Crippen molar-refractivity contribution in [1.29, 1.82) is 0 Å². The van der Waals surface area contributed by atoms with Gasteiger partial charge in [0.05, 0.1) is 5.70 Å². The molecule has 0 saturated carbocycles. The summed E-state index contributed by atoms with van der Waals surface area (Å²) in [6, 6.07) is 4.04. The molecule has 0 saturated heterocycles. The third-order valence-corrected chi connectivity index (χ3v) is 4.12. The van der Waals surface area contributed by atoms with E-state index < -0.39 is 0 Å². The Morgan fingerprint density at radius 1 is 1.04 bits per heavy atom. The molecule has 2 rings (SSSR count). The van der Waals surface area contributed by atoms with Crippen molar-refractivity contribution in [2.75, 3.05) is 6.61 Å². The predicted molar refractivity (Wildman–Crippen MR) is 93.2 cm³/mol. The van der Waals surface area contributed by atoms with E-state index in [1.807, 2.05) is 18.2 Å². The third kappa shape index (κ3) is 3.88. The van der Waals surface area contributed by atoms with Crippen molar-refractivity contribution in [2.45, 2.75) is 64.9 Å². The van der Waals surface area contributed by atoms with Crippen LogP contribution in [0.5, 0.6) is 5.75 Å². The normalized spacial score (nSPS) is 18.7. The minimum Gasteiger partial charge on any atom is -0.507 e. The lowest BCUT2D eigenvalue weighted by Crippen LogP contribution is -2.18. The fraction of sp³-hybridized carbons (Fsp3) is 0.579. The number of phenolic OH excluding ortho intramolecular Hbond substituents is 1. The SMILES string of the molecule is CC(C)(C)c1cc(C2=CC(CCO)ON2)cc(C(C)(C)C)c1O. The molecule has 3 N–H and O–H groups in total. The Morgan fingerprint density at radius 2 is 1.57 bits per heavy atom. The van der Waals surface area contributed by atoms with E-state index >= 15 is 0 Å². The van der Waals surface area contributed by atoms with Crippen LogP contribution in [-0.2, 0) is 15.7 Å². The summed E-state index contributed by atoms with van der Waals surface area (Å²) < 4.78 is 0. The number of hydrogen-bond acceptors (Lipinski definition) is 4. The second kappa shape index (κ2) is 6.17. The molecular weight excluding hydrogens is 290 g/mol. The number of hydroxylamine groups is 1. The van der Waals surface area contributed by atoms with Crippen LogP contribution >= 0.6 is 0 Å². The molecule has 0 aromatic heterocycles. The molecule has 1 unspecified atom stereocenters. The highest BCUT2D eigenvalue weighted by Gasteiger charge is 2.28. The van der Waals surface area contributed by atoms with Crippen molar-refractivity contribution in [2.24, 2.45) is 0 Å². The Kier molecular flexibility index (Phi) is 4.79. The maximum Gasteiger partial charge on any atom is 0.123 e. The highest BCUT2D eigenvalue weighted by atomic mass is 16.7. The Morgan fingerprint density at radius 3 is 2.00 bits per heavy atom. The first kappa shape index (κ1) is 17.8. The van der Waals surface area contributed by atoms with Crippen molar-refractivity contribution in [3.63, 3.8) is 0 Å². The second-order valence-corrected chi connectivity index (χ2v) is 8.27. The van der Waals surface area contributed by atoms with E-state index in [1.54, 1.807) is 0 Å². The van der Waals surface area contributed by atoms with E-state index in [1.165, 1.54) is 0 Å². The zero-order chi connectivity index (χ0) is 17.4. The Labute approximate surface area is 139 Å². The molecule has 1 heterocycles. The zero-order valence-electron chi connectivity index (χ0n) is 15.0. The van der Waals surface area contributed by atoms with E-state index in [0.717, 1.165) is 22.4 Å². The lowest BCUT2D eigenvalue weighted by atomic mass is 9.78. The molecular formula is C19H29NO3. The molecule has 0 bridgehead atoms. The van der Waals surface area contributed by atoms with Crippen LogP contribution in [-0.4, -0.2) is 22.9 Å². The van der Waals surface area contributed by atoms with Crippen LogP contribution in [0.2, 0.25) is 0 Å². The fourth-order valence-corrected chi connectivity index (χ4v) is 2.75. The number of aromatic hydroxyl groups is 1. The molecule has 4 heteroatoms. The Bertz CT molecular complexity index is 571. The molecule has 23 heavy (non-hydrogen) atoms. The van der Waals surface area contributed by atoms with E-state index in [4.69, 9.17) is 9.94 Å². The Hall–Kier alpha value is -1.52. The molecule has 1 aliphatic heterocycles. The van der Waals surface area contributed by atoms with Gasteiger partial charge in [0.25, 0.3) is 0 Å². The van der Waals surface area contributed by atoms with Gasteiger partial charge in [0.1, 0.15) is 11.9 Å². The first-order chi connectivity index (χ1) is 10.5. The lowest BCUT2D eigenvalue weighted by Gasteiger charge is -2.28. The average Bonchev–Trinajstić information content (AvgIpc) is 2.85. The summed E-state index contributed by atoms with van der Waals surface area (Å²) in [5.74, 6) is 0.375. The van der Waals surface area contributed by atoms with Crippen LogP contribution in [0.1, 0.15) is 64.7 Å². The van der Waals surface area contributed by atoms with Crippen molar-refractivity contribution in [3.8, 4) is 5.75 Å². The van der Waals surface area contributed by atoms with Gasteiger partial charge in [-0.1, -0.05) is 41.5 Å². The molecule has 0 aliphatic carbocycles. The van der Waals surface area contributed by atoms with Gasteiger partial charge in [-0.3, -0.25) is 10.3 Å². The van der Waals surface area contributed by atoms with Gasteiger partial charge in [0, 0.05) is 29.7 Å². The average molecular weight is 319 g/mol. The van der Waals surface area contributed by atoms with Gasteiger partial charge in [0.2, 0.25) is 0 Å². The molecule has 0 fully saturated rings. The topological polar surface area (TPSA) is 61.7 Å². The molecule has 1 aliphatic rings. The van der Waals surface area contributed by atoms with Crippen LogP contribution in [0, 0.1) is 0 Å². The summed E-state index contributed by atoms with van der Waals surface area (Å²) in [6.07, 6.45) is 2.42. The molecule has 1 atom stereocenters. The number of aliphatic hydroxyl groups is 1. The number of aliphatic hydroxyl groups excluding tert-OH is 1. The number of benzene rings is 1. The quantitative estimate of drug-likeness (QED) is 0.796. The molecule has 4 nitrogen and oxygen atoms in total. The van der Waals surface area contributed by atoms with Crippen molar-refractivity contribution in [1.82, 2.24) is 5.48 Å². The first-order valence-electron chi connectivity index (χ1n) is 8.16. The predicted octanol–water partition coefficient (Wildman–Crippen LogP) is 3.61. The summed E-state index contributed by atoms with van der Waals surface area (Å²) in [5.41, 5.74) is 6.36. The minimum absolute atomic E-state index is 0.0895. The lowest BCUT2D eigenvalue weighted by molar-refractivity contribution is 0.0369. The van der Waals surface area contributed by atoms with E-state index in [0.29, 0.717) is 12.2 Å². The van der Waals surface area contributed by atoms with Crippen LogP contribution in [0.4, 0.5) is 0 Å². The highest BCUT2D eigenvalue weighted by Crippen LogP contribution is 2.41. The summed E-state index contributed by atoms with van der Waals surface area (Å²) in [7, 11) is 0. The van der Waals surface area contributed by atoms with Gasteiger partial charge >= 0.3 is 0 Å². The second-order valence-electron chi connectivity index (χ2n) is 8.27. The molecule has 0 radical (unpaired) electrons. The molecule has 1 aromatic rings. The van der Waals surface area contributed by atoms with E-state index in [-0.39, 0.29) is 23.5 Å². The van der Waals surface area contributed by atoms with Crippen molar-refractivity contribution >= 4 is 5.70 Å². The first-order valence-corrected chi connectivity index (χ1v) is 8.16. The van der Waals surface area contributed by atoms with Crippen LogP contribution in [0.25, 0.3) is 5.70 Å². The third-order valence-electron chi connectivity index (χ3n) is 4.12. The number of rotatable bonds is 3. The summed E-state index contributed by atoms with van der Waals surface area (Å²) >= 11 is 0. The Balaban J connectivity index is 2.55. The minimum atomic E-state index is -0.162. The van der Waals surface area contributed by atoms with Gasteiger partial charge in [-0.25, -0.2) is 0 Å². The number of nitrogens with one attached hydrogen (secondary N) is 1. The van der Waals surface area contributed by atoms with Gasteiger partial charge in [0.15, 0.2) is 0 Å². The maximum atomic E-state index is 10.8. The summed E-state index contributed by atoms with van der Waals surface area (Å²) in [5, 5.41) is 19.8. The van der Waals surface area contributed by atoms with Crippen LogP contribution in [0.3, 0.4) is 0 Å². The van der Waals surface area contributed by atoms with Crippen LogP contribution < -0.4 is 5.48 Å².